The quantitative estimate of drug-likeness (QED) is 0.842. The lowest BCUT2D eigenvalue weighted by molar-refractivity contribution is -0.00906. The number of anilines is 1. The van der Waals surface area contributed by atoms with Crippen molar-refractivity contribution >= 4 is 23.0 Å². The van der Waals surface area contributed by atoms with Gasteiger partial charge < -0.3 is 15.4 Å². The number of nitrogens with two attached hydrogens (primary N) is 1. The molecule has 1 saturated carbocycles. The molecular formula is C15H22N4OS. The van der Waals surface area contributed by atoms with Crippen molar-refractivity contribution in [2.45, 2.75) is 51.7 Å². The molecule has 114 valence electrons. The van der Waals surface area contributed by atoms with Crippen molar-refractivity contribution in [2.75, 3.05) is 18.1 Å². The summed E-state index contributed by atoms with van der Waals surface area (Å²) in [6.07, 6.45) is 5.05. The molecular weight excluding hydrogens is 284 g/mol. The lowest BCUT2D eigenvalue weighted by atomic mass is 9.89. The second kappa shape index (κ2) is 5.85. The Kier molecular flexibility index (Phi) is 4.08. The van der Waals surface area contributed by atoms with Crippen molar-refractivity contribution in [3.63, 3.8) is 0 Å². The molecule has 21 heavy (non-hydrogen) atoms. The molecule has 0 amide bonds. The van der Waals surface area contributed by atoms with Crippen LogP contribution in [0.4, 0.5) is 5.82 Å². The Morgan fingerprint density at radius 1 is 1.29 bits per heavy atom. The zero-order chi connectivity index (χ0) is 15.0. The van der Waals surface area contributed by atoms with Crippen LogP contribution < -0.4 is 10.6 Å². The van der Waals surface area contributed by atoms with E-state index in [9.17, 15) is 0 Å². The number of fused-ring (bicyclic) bond motifs is 1. The van der Waals surface area contributed by atoms with E-state index in [1.54, 1.807) is 0 Å². The van der Waals surface area contributed by atoms with Gasteiger partial charge in [0.1, 0.15) is 4.99 Å². The van der Waals surface area contributed by atoms with Gasteiger partial charge in [0, 0.05) is 6.54 Å². The zero-order valence-electron chi connectivity index (χ0n) is 12.6. The van der Waals surface area contributed by atoms with Crippen LogP contribution in [-0.2, 0) is 4.74 Å². The van der Waals surface area contributed by atoms with Crippen LogP contribution in [0.3, 0.4) is 0 Å². The minimum atomic E-state index is 0.301. The first-order valence-electron chi connectivity index (χ1n) is 7.61. The minimum absolute atomic E-state index is 0.301. The molecule has 1 aromatic heterocycles. The van der Waals surface area contributed by atoms with E-state index in [1.807, 2.05) is 13.8 Å². The van der Waals surface area contributed by atoms with Gasteiger partial charge in [-0.1, -0.05) is 25.1 Å². The zero-order valence-corrected chi connectivity index (χ0v) is 13.4. The van der Waals surface area contributed by atoms with Crippen LogP contribution in [-0.4, -0.2) is 40.5 Å². The van der Waals surface area contributed by atoms with Crippen LogP contribution in [0.25, 0.3) is 0 Å². The summed E-state index contributed by atoms with van der Waals surface area (Å²) >= 11 is 5.26. The number of hydrogen-bond donors (Lipinski definition) is 1. The van der Waals surface area contributed by atoms with E-state index in [-0.39, 0.29) is 0 Å². The van der Waals surface area contributed by atoms with Crippen LogP contribution in [0.1, 0.15) is 42.5 Å². The normalized spacial score (nSPS) is 25.5. The second-order valence-corrected chi connectivity index (χ2v) is 6.37. The summed E-state index contributed by atoms with van der Waals surface area (Å²) in [7, 11) is 0. The molecule has 2 unspecified atom stereocenters. The van der Waals surface area contributed by atoms with Gasteiger partial charge in [0.15, 0.2) is 5.82 Å². The summed E-state index contributed by atoms with van der Waals surface area (Å²) in [6.45, 7) is 5.51. The maximum absolute atomic E-state index is 5.96. The fraction of sp³-hybridized carbons (Fsp3) is 0.667. The smallest absolute Gasteiger partial charge is 0.162 e. The Hall–Kier alpha value is -1.27. The number of rotatable bonds is 2. The molecule has 3 rings (SSSR count). The van der Waals surface area contributed by atoms with Crippen molar-refractivity contribution in [1.29, 1.82) is 0 Å². The summed E-state index contributed by atoms with van der Waals surface area (Å²) in [6, 6.07) is 0.372. The van der Waals surface area contributed by atoms with E-state index < -0.39 is 0 Å². The molecule has 0 bridgehead atoms. The third-order valence-corrected chi connectivity index (χ3v) is 4.89. The highest BCUT2D eigenvalue weighted by Crippen LogP contribution is 2.33. The van der Waals surface area contributed by atoms with E-state index in [1.165, 1.54) is 12.8 Å². The van der Waals surface area contributed by atoms with Crippen molar-refractivity contribution in [1.82, 2.24) is 10.2 Å². The molecule has 1 saturated heterocycles. The average Bonchev–Trinajstić information content (AvgIpc) is 2.49. The molecule has 6 heteroatoms. The molecule has 0 radical (unpaired) electrons. The number of hydrogen-bond acceptors (Lipinski definition) is 5. The highest BCUT2D eigenvalue weighted by molar-refractivity contribution is 7.80. The molecule has 2 heterocycles. The summed E-state index contributed by atoms with van der Waals surface area (Å²) < 4.78 is 5.93. The van der Waals surface area contributed by atoms with Gasteiger partial charge in [0.2, 0.25) is 0 Å². The number of morpholine rings is 1. The van der Waals surface area contributed by atoms with Gasteiger partial charge >= 0.3 is 0 Å². The lowest BCUT2D eigenvalue weighted by Crippen LogP contribution is -2.53. The number of nitrogens with zero attached hydrogens (tertiary/aromatic N) is 3. The van der Waals surface area contributed by atoms with Crippen molar-refractivity contribution in [3.05, 3.63) is 16.8 Å². The van der Waals surface area contributed by atoms with Crippen molar-refractivity contribution in [3.8, 4) is 0 Å². The molecule has 1 aliphatic heterocycles. The fourth-order valence-corrected chi connectivity index (χ4v) is 3.70. The highest BCUT2D eigenvalue weighted by atomic mass is 32.1. The summed E-state index contributed by atoms with van der Waals surface area (Å²) in [5.74, 6) is 0.839. The fourth-order valence-electron chi connectivity index (χ4n) is 3.45. The van der Waals surface area contributed by atoms with Gasteiger partial charge in [0.05, 0.1) is 30.0 Å². The molecule has 1 aromatic rings. The number of ether oxygens (including phenoxy) is 1. The average molecular weight is 306 g/mol. The topological polar surface area (TPSA) is 64.3 Å². The Labute approximate surface area is 130 Å². The van der Waals surface area contributed by atoms with E-state index in [4.69, 9.17) is 22.7 Å². The number of aromatic nitrogens is 2. The first kappa shape index (κ1) is 14.7. The monoisotopic (exact) mass is 306 g/mol. The molecule has 2 atom stereocenters. The highest BCUT2D eigenvalue weighted by Gasteiger charge is 2.36. The summed E-state index contributed by atoms with van der Waals surface area (Å²) in [5, 5.41) is 8.71. The van der Waals surface area contributed by atoms with E-state index in [0.717, 1.165) is 48.6 Å². The molecule has 0 spiro atoms. The largest absolute Gasteiger partial charge is 0.389 e. The lowest BCUT2D eigenvalue weighted by Gasteiger charge is -2.44. The van der Waals surface area contributed by atoms with Crippen LogP contribution in [0.15, 0.2) is 0 Å². The molecule has 2 N–H and O–H groups in total. The Balaban J connectivity index is 2.02. The van der Waals surface area contributed by atoms with E-state index >= 15 is 0 Å². The molecule has 2 fully saturated rings. The minimum Gasteiger partial charge on any atom is -0.389 e. The third kappa shape index (κ3) is 2.62. The maximum atomic E-state index is 5.96. The SMILES string of the molecule is Cc1nnc(N2CCOC3CCCCC32)c(C(N)=S)c1C. The summed E-state index contributed by atoms with van der Waals surface area (Å²) in [5.41, 5.74) is 8.76. The van der Waals surface area contributed by atoms with Crippen LogP contribution in [0, 0.1) is 13.8 Å². The van der Waals surface area contributed by atoms with Crippen molar-refractivity contribution in [2.24, 2.45) is 5.73 Å². The van der Waals surface area contributed by atoms with Gasteiger partial charge in [-0.2, -0.15) is 5.10 Å². The Morgan fingerprint density at radius 3 is 2.81 bits per heavy atom. The van der Waals surface area contributed by atoms with Crippen LogP contribution in [0.5, 0.6) is 0 Å². The van der Waals surface area contributed by atoms with E-state index in [2.05, 4.69) is 15.1 Å². The Bertz CT molecular complexity index is 561. The van der Waals surface area contributed by atoms with Gasteiger partial charge in [-0.15, -0.1) is 5.10 Å². The van der Waals surface area contributed by atoms with Gasteiger partial charge in [-0.3, -0.25) is 0 Å². The van der Waals surface area contributed by atoms with Gasteiger partial charge in [-0.25, -0.2) is 0 Å². The first-order chi connectivity index (χ1) is 10.1. The van der Waals surface area contributed by atoms with Crippen LogP contribution in [0.2, 0.25) is 0 Å². The third-order valence-electron chi connectivity index (χ3n) is 4.69. The Morgan fingerprint density at radius 2 is 2.05 bits per heavy atom. The number of aryl methyl sites for hydroxylation is 1. The van der Waals surface area contributed by atoms with Crippen molar-refractivity contribution < 1.29 is 4.74 Å². The first-order valence-corrected chi connectivity index (χ1v) is 8.02. The molecule has 0 aromatic carbocycles. The van der Waals surface area contributed by atoms with Gasteiger partial charge in [-0.05, 0) is 32.3 Å². The summed E-state index contributed by atoms with van der Waals surface area (Å²) in [4.78, 5) is 2.72. The second-order valence-electron chi connectivity index (χ2n) is 5.93. The van der Waals surface area contributed by atoms with E-state index in [0.29, 0.717) is 17.1 Å². The molecule has 5 nitrogen and oxygen atoms in total. The van der Waals surface area contributed by atoms with Crippen LogP contribution >= 0.6 is 12.2 Å². The standard InChI is InChI=1S/C15H22N4OS/c1-9-10(2)17-18-15(13(9)14(16)21)19-7-8-20-12-6-4-3-5-11(12)19/h11-12H,3-8H2,1-2H3,(H2,16,21). The predicted octanol–water partition coefficient (Wildman–Crippen LogP) is 1.88. The van der Waals surface area contributed by atoms with Gasteiger partial charge in [0.25, 0.3) is 0 Å². The number of thiocarbonyl (C=S) groups is 1. The molecule has 2 aliphatic rings. The predicted molar refractivity (Wildman–Crippen MR) is 86.7 cm³/mol. The molecule has 1 aliphatic carbocycles. The maximum Gasteiger partial charge on any atom is 0.162 e.